The van der Waals surface area contributed by atoms with Crippen LogP contribution in [0.25, 0.3) is 22.8 Å². The van der Waals surface area contributed by atoms with Crippen molar-refractivity contribution in [1.29, 1.82) is 0 Å². The second kappa shape index (κ2) is 7.88. The highest BCUT2D eigenvalue weighted by Gasteiger charge is 2.44. The molecule has 4 nitrogen and oxygen atoms in total. The number of ether oxygens (including phenoxy) is 1. The maximum atomic E-state index is 13.5. The van der Waals surface area contributed by atoms with E-state index in [0.29, 0.717) is 5.69 Å². The number of aromatic nitrogens is 3. The van der Waals surface area contributed by atoms with Crippen LogP contribution in [0, 0.1) is 6.92 Å². The second-order valence-corrected chi connectivity index (χ2v) is 6.10. The lowest BCUT2D eigenvalue weighted by molar-refractivity contribution is -0.253. The zero-order chi connectivity index (χ0) is 22.1. The van der Waals surface area contributed by atoms with Crippen molar-refractivity contribution < 1.29 is 35.5 Å². The highest BCUT2D eigenvalue weighted by Crippen LogP contribution is 2.40. The van der Waals surface area contributed by atoms with E-state index in [1.165, 1.54) is 24.4 Å². The molecule has 3 aromatic rings. The van der Waals surface area contributed by atoms with Crippen LogP contribution in [0.2, 0.25) is 0 Å². The van der Waals surface area contributed by atoms with Gasteiger partial charge in [0.1, 0.15) is 11.4 Å². The molecule has 0 fully saturated rings. The number of rotatable bonds is 5. The van der Waals surface area contributed by atoms with Gasteiger partial charge in [0.25, 0.3) is 0 Å². The standard InChI is InChI=1S/C19H12F7N3O/c1-10-7-8-27-16(28-10)15-4-2-3-14(29-15)12-6-5-11(9-13(12)18(22,23)24)30-19(25,26)17(20)21/h2-9,17H,1H3. The molecule has 158 valence electrons. The number of hydrogen-bond acceptors (Lipinski definition) is 4. The van der Waals surface area contributed by atoms with Crippen molar-refractivity contribution in [3.63, 3.8) is 0 Å². The molecule has 0 spiro atoms. The molecule has 2 heterocycles. The molecule has 1 aromatic carbocycles. The van der Waals surface area contributed by atoms with Crippen LogP contribution in [-0.2, 0) is 6.18 Å². The van der Waals surface area contributed by atoms with Crippen LogP contribution in [0.5, 0.6) is 5.75 Å². The second-order valence-electron chi connectivity index (χ2n) is 6.10. The maximum absolute atomic E-state index is 13.5. The molecular formula is C19H12F7N3O. The minimum Gasteiger partial charge on any atom is -0.428 e. The highest BCUT2D eigenvalue weighted by molar-refractivity contribution is 5.68. The Kier molecular flexibility index (Phi) is 5.64. The smallest absolute Gasteiger partial charge is 0.428 e. The summed E-state index contributed by atoms with van der Waals surface area (Å²) in [6.45, 7) is 1.70. The van der Waals surface area contributed by atoms with Crippen LogP contribution in [0.4, 0.5) is 30.7 Å². The number of nitrogens with zero attached hydrogens (tertiary/aromatic N) is 3. The summed E-state index contributed by atoms with van der Waals surface area (Å²) in [6.07, 6.45) is -12.7. The van der Waals surface area contributed by atoms with Gasteiger partial charge in [0.15, 0.2) is 5.82 Å². The van der Waals surface area contributed by atoms with E-state index in [1.54, 1.807) is 13.0 Å². The van der Waals surface area contributed by atoms with Crippen LogP contribution in [-0.4, -0.2) is 27.5 Å². The zero-order valence-electron chi connectivity index (χ0n) is 15.1. The lowest BCUT2D eigenvalue weighted by Crippen LogP contribution is -2.33. The van der Waals surface area contributed by atoms with Gasteiger partial charge in [-0.15, -0.1) is 0 Å². The summed E-state index contributed by atoms with van der Waals surface area (Å²) in [6, 6.07) is 7.61. The van der Waals surface area contributed by atoms with Gasteiger partial charge in [-0.1, -0.05) is 6.07 Å². The van der Waals surface area contributed by atoms with Crippen molar-refractivity contribution in [3.8, 4) is 28.5 Å². The Labute approximate surface area is 165 Å². The van der Waals surface area contributed by atoms with Gasteiger partial charge in [-0.05, 0) is 43.3 Å². The molecule has 0 aliphatic heterocycles. The first-order chi connectivity index (χ1) is 14.0. The third-order valence-electron chi connectivity index (χ3n) is 3.85. The molecule has 0 radical (unpaired) electrons. The lowest BCUT2D eigenvalue weighted by atomic mass is 10.0. The van der Waals surface area contributed by atoms with E-state index in [2.05, 4.69) is 19.7 Å². The van der Waals surface area contributed by atoms with Crippen molar-refractivity contribution in [3.05, 3.63) is 59.9 Å². The first-order valence-electron chi connectivity index (χ1n) is 8.31. The van der Waals surface area contributed by atoms with E-state index in [1.807, 2.05) is 0 Å². The number of aryl methyl sites for hydroxylation is 1. The van der Waals surface area contributed by atoms with Gasteiger partial charge in [0.2, 0.25) is 0 Å². The van der Waals surface area contributed by atoms with E-state index in [9.17, 15) is 30.7 Å². The monoisotopic (exact) mass is 431 g/mol. The van der Waals surface area contributed by atoms with Gasteiger partial charge in [0.05, 0.1) is 11.3 Å². The summed E-state index contributed by atoms with van der Waals surface area (Å²) in [5, 5.41) is 0. The van der Waals surface area contributed by atoms with Gasteiger partial charge in [-0.3, -0.25) is 0 Å². The number of hydrogen-bond donors (Lipinski definition) is 0. The summed E-state index contributed by atoms with van der Waals surface area (Å²) in [7, 11) is 0. The lowest BCUT2D eigenvalue weighted by Gasteiger charge is -2.19. The van der Waals surface area contributed by atoms with Crippen molar-refractivity contribution in [1.82, 2.24) is 15.0 Å². The molecular weight excluding hydrogens is 419 g/mol. The fourth-order valence-corrected chi connectivity index (χ4v) is 2.53. The topological polar surface area (TPSA) is 47.9 Å². The van der Waals surface area contributed by atoms with Crippen LogP contribution >= 0.6 is 0 Å². The SMILES string of the molecule is Cc1ccnc(-c2cccc(-c3ccc(OC(F)(F)C(F)F)cc3C(F)(F)F)n2)n1. The Bertz CT molecular complexity index is 1050. The third-order valence-corrected chi connectivity index (χ3v) is 3.85. The molecule has 0 N–H and O–H groups in total. The minimum absolute atomic E-state index is 0.142. The Morgan fingerprint density at radius 3 is 2.23 bits per heavy atom. The molecule has 0 atom stereocenters. The number of pyridine rings is 1. The maximum Gasteiger partial charge on any atom is 0.461 e. The molecule has 2 aromatic heterocycles. The number of alkyl halides is 7. The van der Waals surface area contributed by atoms with Crippen molar-refractivity contribution in [2.24, 2.45) is 0 Å². The molecule has 30 heavy (non-hydrogen) atoms. The molecule has 0 bridgehead atoms. The van der Waals surface area contributed by atoms with Gasteiger partial charge >= 0.3 is 18.7 Å². The Balaban J connectivity index is 2.07. The third kappa shape index (κ3) is 4.66. The predicted octanol–water partition coefficient (Wildman–Crippen LogP) is 5.77. The minimum atomic E-state index is -4.99. The highest BCUT2D eigenvalue weighted by atomic mass is 19.4. The molecule has 0 unspecified atom stereocenters. The van der Waals surface area contributed by atoms with E-state index in [4.69, 9.17) is 0 Å². The van der Waals surface area contributed by atoms with Crippen molar-refractivity contribution >= 4 is 0 Å². The zero-order valence-corrected chi connectivity index (χ0v) is 15.1. The van der Waals surface area contributed by atoms with Gasteiger partial charge in [0, 0.05) is 17.5 Å². The Morgan fingerprint density at radius 2 is 1.60 bits per heavy atom. The molecule has 0 aliphatic carbocycles. The van der Waals surface area contributed by atoms with Gasteiger partial charge < -0.3 is 4.74 Å². The van der Waals surface area contributed by atoms with Gasteiger partial charge in [-0.2, -0.15) is 30.7 Å². The largest absolute Gasteiger partial charge is 0.461 e. The van der Waals surface area contributed by atoms with E-state index < -0.39 is 35.6 Å². The quantitative estimate of drug-likeness (QED) is 0.482. The van der Waals surface area contributed by atoms with Crippen molar-refractivity contribution in [2.75, 3.05) is 0 Å². The number of benzene rings is 1. The molecule has 0 saturated carbocycles. The summed E-state index contributed by atoms with van der Waals surface area (Å²) >= 11 is 0. The van der Waals surface area contributed by atoms with Crippen LogP contribution in [0.1, 0.15) is 11.3 Å². The first-order valence-corrected chi connectivity index (χ1v) is 8.31. The Morgan fingerprint density at radius 1 is 0.900 bits per heavy atom. The molecule has 0 aliphatic rings. The summed E-state index contributed by atoms with van der Waals surface area (Å²) < 4.78 is 95.1. The van der Waals surface area contributed by atoms with Crippen molar-refractivity contribution in [2.45, 2.75) is 25.6 Å². The van der Waals surface area contributed by atoms with Crippen LogP contribution in [0.15, 0.2) is 48.7 Å². The average Bonchev–Trinajstić information content (AvgIpc) is 2.67. The Hall–Kier alpha value is -3.24. The average molecular weight is 431 g/mol. The van der Waals surface area contributed by atoms with Gasteiger partial charge in [-0.25, -0.2) is 15.0 Å². The molecule has 11 heteroatoms. The molecule has 0 saturated heterocycles. The van der Waals surface area contributed by atoms with E-state index in [-0.39, 0.29) is 23.3 Å². The molecule has 0 amide bonds. The van der Waals surface area contributed by atoms with Crippen LogP contribution in [0.3, 0.4) is 0 Å². The number of halogens is 7. The summed E-state index contributed by atoms with van der Waals surface area (Å²) in [4.78, 5) is 12.3. The summed E-state index contributed by atoms with van der Waals surface area (Å²) in [5.41, 5.74) is -1.17. The van der Waals surface area contributed by atoms with E-state index in [0.717, 1.165) is 12.1 Å². The van der Waals surface area contributed by atoms with Crippen LogP contribution < -0.4 is 4.74 Å². The first kappa shape index (κ1) is 21.5. The normalized spacial score (nSPS) is 12.3. The fraction of sp³-hybridized carbons (Fsp3) is 0.211. The predicted molar refractivity (Wildman–Crippen MR) is 92.0 cm³/mol. The van der Waals surface area contributed by atoms with E-state index >= 15 is 0 Å². The fourth-order valence-electron chi connectivity index (χ4n) is 2.53. The summed E-state index contributed by atoms with van der Waals surface area (Å²) in [5.74, 6) is -0.878. The molecule has 3 rings (SSSR count).